The second kappa shape index (κ2) is 9.97. The van der Waals surface area contributed by atoms with Crippen molar-refractivity contribution in [3.63, 3.8) is 0 Å². The third kappa shape index (κ3) is 5.88. The fraction of sp³-hybridized carbons (Fsp3) is 0.409. The van der Waals surface area contributed by atoms with Crippen molar-refractivity contribution in [2.45, 2.75) is 46.8 Å². The monoisotopic (exact) mass is 354 g/mol. The normalized spacial score (nSPS) is 12.0. The number of anilines is 1. The van der Waals surface area contributed by atoms with Gasteiger partial charge in [0.15, 0.2) is 6.10 Å². The van der Waals surface area contributed by atoms with Gasteiger partial charge in [0.25, 0.3) is 5.91 Å². The van der Waals surface area contributed by atoms with Crippen molar-refractivity contribution in [3.8, 4) is 5.75 Å². The number of nitrogens with zero attached hydrogens (tertiary/aromatic N) is 1. The van der Waals surface area contributed by atoms with Crippen molar-refractivity contribution in [1.29, 1.82) is 0 Å². The lowest BCUT2D eigenvalue weighted by atomic mass is 10.1. The van der Waals surface area contributed by atoms with Gasteiger partial charge in [0, 0.05) is 12.2 Å². The van der Waals surface area contributed by atoms with E-state index in [-0.39, 0.29) is 5.91 Å². The first-order valence-electron chi connectivity index (χ1n) is 9.41. The minimum Gasteiger partial charge on any atom is -0.481 e. The van der Waals surface area contributed by atoms with E-state index in [4.69, 9.17) is 4.74 Å². The minimum atomic E-state index is -0.507. The number of aryl methyl sites for hydroxylation is 1. The van der Waals surface area contributed by atoms with Crippen LogP contribution < -0.4 is 10.1 Å². The van der Waals surface area contributed by atoms with Gasteiger partial charge in [0.05, 0.1) is 0 Å². The summed E-state index contributed by atoms with van der Waals surface area (Å²) in [7, 11) is 0. The van der Waals surface area contributed by atoms with Crippen LogP contribution >= 0.6 is 0 Å². The largest absolute Gasteiger partial charge is 0.481 e. The summed E-state index contributed by atoms with van der Waals surface area (Å²) < 4.78 is 5.87. The van der Waals surface area contributed by atoms with Gasteiger partial charge in [-0.1, -0.05) is 45.0 Å². The molecule has 140 valence electrons. The highest BCUT2D eigenvalue weighted by molar-refractivity contribution is 5.94. The zero-order chi connectivity index (χ0) is 18.9. The average molecular weight is 354 g/mol. The third-order valence-corrected chi connectivity index (χ3v) is 4.45. The number of rotatable bonds is 9. The highest BCUT2D eigenvalue weighted by atomic mass is 16.5. The number of nitrogens with one attached hydrogen (secondary N) is 1. The molecule has 0 aliphatic heterocycles. The fourth-order valence-corrected chi connectivity index (χ4v) is 2.80. The van der Waals surface area contributed by atoms with Crippen molar-refractivity contribution in [3.05, 3.63) is 59.7 Å². The molecular formula is C22H30N2O2. The van der Waals surface area contributed by atoms with Crippen LogP contribution in [0.15, 0.2) is 48.5 Å². The first kappa shape index (κ1) is 20.0. The maximum Gasteiger partial charge on any atom is 0.265 e. The van der Waals surface area contributed by atoms with E-state index in [0.717, 1.165) is 36.6 Å². The number of hydrogen-bond acceptors (Lipinski definition) is 3. The zero-order valence-electron chi connectivity index (χ0n) is 16.3. The first-order chi connectivity index (χ1) is 12.5. The zero-order valence-corrected chi connectivity index (χ0v) is 16.3. The summed E-state index contributed by atoms with van der Waals surface area (Å²) in [6, 6.07) is 15.8. The summed E-state index contributed by atoms with van der Waals surface area (Å²) in [6.45, 7) is 11.3. The van der Waals surface area contributed by atoms with Crippen LogP contribution in [0.4, 0.5) is 5.69 Å². The molecule has 2 rings (SSSR count). The number of hydrogen-bond donors (Lipinski definition) is 1. The molecule has 4 heteroatoms. The predicted octanol–water partition coefficient (Wildman–Crippen LogP) is 4.63. The highest BCUT2D eigenvalue weighted by Gasteiger charge is 2.18. The molecule has 0 aliphatic carbocycles. The average Bonchev–Trinajstić information content (AvgIpc) is 2.65. The summed E-state index contributed by atoms with van der Waals surface area (Å²) in [6.07, 6.45) is 0.104. The Bertz CT molecular complexity index is 694. The highest BCUT2D eigenvalue weighted by Crippen LogP contribution is 2.17. The molecule has 2 aromatic carbocycles. The topological polar surface area (TPSA) is 41.6 Å². The number of carbonyl (C=O) groups is 1. The number of carbonyl (C=O) groups excluding carboxylic acids is 1. The van der Waals surface area contributed by atoms with Crippen molar-refractivity contribution in [2.75, 3.05) is 18.4 Å². The van der Waals surface area contributed by atoms with Crippen molar-refractivity contribution >= 4 is 11.6 Å². The van der Waals surface area contributed by atoms with Crippen molar-refractivity contribution in [2.24, 2.45) is 0 Å². The maximum atomic E-state index is 12.5. The van der Waals surface area contributed by atoms with E-state index >= 15 is 0 Å². The number of ether oxygens (including phenoxy) is 1. The van der Waals surface area contributed by atoms with Crippen LogP contribution in [0.5, 0.6) is 5.75 Å². The van der Waals surface area contributed by atoms with Crippen molar-refractivity contribution < 1.29 is 9.53 Å². The summed E-state index contributed by atoms with van der Waals surface area (Å²) in [5.41, 5.74) is 3.15. The predicted molar refractivity (Wildman–Crippen MR) is 108 cm³/mol. The second-order valence-corrected chi connectivity index (χ2v) is 6.48. The lowest BCUT2D eigenvalue weighted by Gasteiger charge is -2.19. The SMILES string of the molecule is CCC(Oc1cccc(C)c1)C(=O)Nc1ccc(CN(CC)CC)cc1. The van der Waals surface area contributed by atoms with Crippen LogP contribution in [0.2, 0.25) is 0 Å². The van der Waals surface area contributed by atoms with Gasteiger partial charge in [-0.05, 0) is 61.8 Å². The second-order valence-electron chi connectivity index (χ2n) is 6.48. The number of amides is 1. The van der Waals surface area contributed by atoms with Gasteiger partial charge in [-0.15, -0.1) is 0 Å². The van der Waals surface area contributed by atoms with Gasteiger partial charge < -0.3 is 10.1 Å². The third-order valence-electron chi connectivity index (χ3n) is 4.45. The molecule has 0 aliphatic rings. The van der Waals surface area contributed by atoms with Gasteiger partial charge >= 0.3 is 0 Å². The molecule has 4 nitrogen and oxygen atoms in total. The minimum absolute atomic E-state index is 0.120. The molecule has 0 spiro atoms. The Kier molecular flexibility index (Phi) is 7.67. The van der Waals surface area contributed by atoms with E-state index in [1.165, 1.54) is 5.56 Å². The molecule has 26 heavy (non-hydrogen) atoms. The van der Waals surface area contributed by atoms with E-state index in [0.29, 0.717) is 6.42 Å². The standard InChI is InChI=1S/C22H30N2O2/c1-5-21(26-20-10-8-9-17(4)15-20)22(25)23-19-13-11-18(12-14-19)16-24(6-2)7-3/h8-15,21H,5-7,16H2,1-4H3,(H,23,25). The van der Waals surface area contributed by atoms with Gasteiger partial charge in [-0.25, -0.2) is 0 Å². The quantitative estimate of drug-likeness (QED) is 0.714. The van der Waals surface area contributed by atoms with Crippen LogP contribution in [0.3, 0.4) is 0 Å². The Morgan fingerprint density at radius 2 is 1.77 bits per heavy atom. The van der Waals surface area contributed by atoms with E-state index in [2.05, 4.69) is 36.2 Å². The molecule has 1 atom stereocenters. The van der Waals surface area contributed by atoms with Crippen LogP contribution in [-0.2, 0) is 11.3 Å². The van der Waals surface area contributed by atoms with Gasteiger partial charge in [-0.2, -0.15) is 0 Å². The van der Waals surface area contributed by atoms with Crippen LogP contribution in [-0.4, -0.2) is 30.0 Å². The van der Waals surface area contributed by atoms with Gasteiger partial charge in [0.1, 0.15) is 5.75 Å². The Hall–Kier alpha value is -2.33. The Morgan fingerprint density at radius 3 is 2.35 bits per heavy atom. The van der Waals surface area contributed by atoms with Crippen LogP contribution in [0.25, 0.3) is 0 Å². The van der Waals surface area contributed by atoms with E-state index in [1.807, 2.05) is 50.2 Å². The Balaban J connectivity index is 1.96. The summed E-state index contributed by atoms with van der Waals surface area (Å²) in [4.78, 5) is 14.9. The van der Waals surface area contributed by atoms with Gasteiger partial charge in [-0.3, -0.25) is 9.69 Å². The molecule has 0 aromatic heterocycles. The lowest BCUT2D eigenvalue weighted by molar-refractivity contribution is -0.122. The summed E-state index contributed by atoms with van der Waals surface area (Å²) >= 11 is 0. The molecule has 1 N–H and O–H groups in total. The summed E-state index contributed by atoms with van der Waals surface area (Å²) in [5, 5.41) is 2.96. The smallest absolute Gasteiger partial charge is 0.265 e. The molecule has 1 amide bonds. The van der Waals surface area contributed by atoms with E-state index < -0.39 is 6.10 Å². The molecule has 0 saturated heterocycles. The van der Waals surface area contributed by atoms with E-state index in [9.17, 15) is 4.79 Å². The Labute approximate surface area is 157 Å². The molecule has 0 bridgehead atoms. The Morgan fingerprint density at radius 1 is 1.08 bits per heavy atom. The van der Waals surface area contributed by atoms with Crippen LogP contribution in [0, 0.1) is 6.92 Å². The molecule has 1 unspecified atom stereocenters. The molecule has 2 aromatic rings. The fourth-order valence-electron chi connectivity index (χ4n) is 2.80. The number of benzene rings is 2. The molecule has 0 fully saturated rings. The van der Waals surface area contributed by atoms with Gasteiger partial charge in [0.2, 0.25) is 0 Å². The first-order valence-corrected chi connectivity index (χ1v) is 9.41. The van der Waals surface area contributed by atoms with Crippen LogP contribution in [0.1, 0.15) is 38.3 Å². The molecular weight excluding hydrogens is 324 g/mol. The maximum absolute atomic E-state index is 12.5. The lowest BCUT2D eigenvalue weighted by Crippen LogP contribution is -2.32. The van der Waals surface area contributed by atoms with E-state index in [1.54, 1.807) is 0 Å². The molecule has 0 heterocycles. The molecule has 0 radical (unpaired) electrons. The van der Waals surface area contributed by atoms with Crippen molar-refractivity contribution in [1.82, 2.24) is 4.90 Å². The molecule has 0 saturated carbocycles. The summed E-state index contributed by atoms with van der Waals surface area (Å²) in [5.74, 6) is 0.604.